The number of benzene rings is 1. The molecule has 1 aromatic carbocycles. The van der Waals surface area contributed by atoms with E-state index in [1.165, 1.54) is 0 Å². The van der Waals surface area contributed by atoms with Crippen LogP contribution in [0.15, 0.2) is 12.1 Å². The number of rotatable bonds is 0. The first-order chi connectivity index (χ1) is 6.79. The monoisotopic (exact) mass is 228 g/mol. The SMILES string of the molecule is C[Si](C)(C)C#Cc1cc(F)c(F)cc1F. The van der Waals surface area contributed by atoms with Gasteiger partial charge in [-0.2, -0.15) is 0 Å². The highest BCUT2D eigenvalue weighted by molar-refractivity contribution is 6.83. The highest BCUT2D eigenvalue weighted by Crippen LogP contribution is 2.12. The van der Waals surface area contributed by atoms with Gasteiger partial charge in [0.1, 0.15) is 13.9 Å². The summed E-state index contributed by atoms with van der Waals surface area (Å²) in [6.07, 6.45) is 0. The second kappa shape index (κ2) is 4.11. The van der Waals surface area contributed by atoms with Crippen LogP contribution in [0, 0.1) is 28.9 Å². The number of hydrogen-bond acceptors (Lipinski definition) is 0. The van der Waals surface area contributed by atoms with E-state index in [1.807, 2.05) is 19.6 Å². The maximum atomic E-state index is 13.1. The van der Waals surface area contributed by atoms with Gasteiger partial charge in [-0.05, 0) is 6.07 Å². The summed E-state index contributed by atoms with van der Waals surface area (Å²) in [6, 6.07) is 1.31. The van der Waals surface area contributed by atoms with Gasteiger partial charge in [0.25, 0.3) is 0 Å². The van der Waals surface area contributed by atoms with Crippen LogP contribution in [-0.2, 0) is 0 Å². The van der Waals surface area contributed by atoms with E-state index in [2.05, 4.69) is 11.5 Å². The molecule has 0 aliphatic carbocycles. The summed E-state index contributed by atoms with van der Waals surface area (Å²) in [5.74, 6) is -0.531. The summed E-state index contributed by atoms with van der Waals surface area (Å²) >= 11 is 0. The van der Waals surface area contributed by atoms with Gasteiger partial charge < -0.3 is 0 Å². The van der Waals surface area contributed by atoms with E-state index < -0.39 is 25.5 Å². The molecule has 15 heavy (non-hydrogen) atoms. The molecule has 80 valence electrons. The molecule has 0 N–H and O–H groups in total. The standard InChI is InChI=1S/C11H11F3Si/c1-15(2,3)5-4-8-6-10(13)11(14)7-9(8)12/h6-7H,1-3H3. The van der Waals surface area contributed by atoms with Crippen molar-refractivity contribution in [3.8, 4) is 11.5 Å². The maximum absolute atomic E-state index is 13.1. The van der Waals surface area contributed by atoms with Crippen LogP contribution in [0.25, 0.3) is 0 Å². The van der Waals surface area contributed by atoms with Gasteiger partial charge in [-0.25, -0.2) is 13.2 Å². The fourth-order valence-electron chi connectivity index (χ4n) is 0.873. The Kier molecular flexibility index (Phi) is 3.25. The van der Waals surface area contributed by atoms with Crippen molar-refractivity contribution in [1.29, 1.82) is 0 Å². The largest absolute Gasteiger partial charge is 0.206 e. The van der Waals surface area contributed by atoms with Crippen molar-refractivity contribution in [3.63, 3.8) is 0 Å². The van der Waals surface area contributed by atoms with Gasteiger partial charge in [-0.1, -0.05) is 25.6 Å². The quantitative estimate of drug-likeness (QED) is 0.363. The minimum Gasteiger partial charge on any atom is -0.206 e. The zero-order valence-electron chi connectivity index (χ0n) is 8.79. The molecule has 0 bridgehead atoms. The lowest BCUT2D eigenvalue weighted by Gasteiger charge is -2.03. The molecule has 1 aromatic rings. The van der Waals surface area contributed by atoms with Crippen molar-refractivity contribution < 1.29 is 13.2 Å². The lowest BCUT2D eigenvalue weighted by molar-refractivity contribution is 0.494. The average Bonchev–Trinajstić information content (AvgIpc) is 2.07. The maximum Gasteiger partial charge on any atom is 0.161 e. The molecular formula is C11H11F3Si. The first-order valence-corrected chi connectivity index (χ1v) is 7.97. The molecule has 0 aliphatic heterocycles. The number of hydrogen-bond donors (Lipinski definition) is 0. The van der Waals surface area contributed by atoms with Crippen LogP contribution in [0.1, 0.15) is 5.56 Å². The van der Waals surface area contributed by atoms with E-state index >= 15 is 0 Å². The first-order valence-electron chi connectivity index (χ1n) is 4.47. The summed E-state index contributed by atoms with van der Waals surface area (Å²) in [4.78, 5) is 0. The Morgan fingerprint density at radius 1 is 0.933 bits per heavy atom. The van der Waals surface area contributed by atoms with E-state index in [0.29, 0.717) is 6.07 Å². The molecule has 0 unspecified atom stereocenters. The summed E-state index contributed by atoms with van der Waals surface area (Å²) in [6.45, 7) is 5.95. The molecule has 0 nitrogen and oxygen atoms in total. The van der Waals surface area contributed by atoms with Crippen LogP contribution >= 0.6 is 0 Å². The Bertz CT molecular complexity index is 436. The average molecular weight is 228 g/mol. The van der Waals surface area contributed by atoms with Gasteiger partial charge in [-0.15, -0.1) is 5.54 Å². The Balaban J connectivity index is 3.15. The van der Waals surface area contributed by atoms with Crippen LogP contribution in [0.2, 0.25) is 19.6 Å². The van der Waals surface area contributed by atoms with Crippen LogP contribution in [0.3, 0.4) is 0 Å². The van der Waals surface area contributed by atoms with Crippen molar-refractivity contribution in [1.82, 2.24) is 0 Å². The second-order valence-corrected chi connectivity index (χ2v) is 9.00. The molecule has 0 saturated carbocycles. The van der Waals surface area contributed by atoms with Crippen LogP contribution in [0.5, 0.6) is 0 Å². The van der Waals surface area contributed by atoms with Gasteiger partial charge in [0.15, 0.2) is 11.6 Å². The smallest absolute Gasteiger partial charge is 0.161 e. The van der Waals surface area contributed by atoms with Crippen molar-refractivity contribution >= 4 is 8.07 Å². The van der Waals surface area contributed by atoms with E-state index in [-0.39, 0.29) is 5.56 Å². The molecule has 4 heteroatoms. The fourth-order valence-corrected chi connectivity index (χ4v) is 1.38. The van der Waals surface area contributed by atoms with Gasteiger partial charge in [-0.3, -0.25) is 0 Å². The van der Waals surface area contributed by atoms with Crippen LogP contribution < -0.4 is 0 Å². The molecule has 0 atom stereocenters. The van der Waals surface area contributed by atoms with Crippen molar-refractivity contribution in [2.45, 2.75) is 19.6 Å². The van der Waals surface area contributed by atoms with Gasteiger partial charge in [0.05, 0.1) is 5.56 Å². The summed E-state index contributed by atoms with van der Waals surface area (Å²) in [5.41, 5.74) is 2.80. The first kappa shape index (κ1) is 11.9. The molecule has 1 rings (SSSR count). The zero-order chi connectivity index (χ0) is 11.6. The molecule has 0 aromatic heterocycles. The van der Waals surface area contributed by atoms with E-state index in [9.17, 15) is 13.2 Å². The van der Waals surface area contributed by atoms with Gasteiger partial charge >= 0.3 is 0 Å². The van der Waals surface area contributed by atoms with Crippen LogP contribution in [0.4, 0.5) is 13.2 Å². The fraction of sp³-hybridized carbons (Fsp3) is 0.273. The van der Waals surface area contributed by atoms with Crippen molar-refractivity contribution in [2.75, 3.05) is 0 Å². The molecule has 0 amide bonds. The molecular weight excluding hydrogens is 217 g/mol. The van der Waals surface area contributed by atoms with E-state index in [1.54, 1.807) is 0 Å². The predicted octanol–water partition coefficient (Wildman–Crippen LogP) is 3.33. The molecule has 0 aliphatic rings. The molecule has 0 saturated heterocycles. The summed E-state index contributed by atoms with van der Waals surface area (Å²) in [5, 5.41) is 0. The zero-order valence-corrected chi connectivity index (χ0v) is 9.79. The Labute approximate surface area is 88.1 Å². The molecule has 0 spiro atoms. The molecule has 0 heterocycles. The van der Waals surface area contributed by atoms with E-state index in [4.69, 9.17) is 0 Å². The summed E-state index contributed by atoms with van der Waals surface area (Å²) < 4.78 is 38.5. The normalized spacial score (nSPS) is 10.8. The third-order valence-electron chi connectivity index (χ3n) is 1.58. The number of halogens is 3. The Hall–Kier alpha value is -1.21. The highest BCUT2D eigenvalue weighted by atomic mass is 28.3. The third-order valence-corrected chi connectivity index (χ3v) is 2.46. The van der Waals surface area contributed by atoms with Gasteiger partial charge in [0, 0.05) is 6.07 Å². The van der Waals surface area contributed by atoms with Gasteiger partial charge in [0.2, 0.25) is 0 Å². The van der Waals surface area contributed by atoms with Crippen molar-refractivity contribution in [2.24, 2.45) is 0 Å². The highest BCUT2D eigenvalue weighted by Gasteiger charge is 2.10. The van der Waals surface area contributed by atoms with Crippen molar-refractivity contribution in [3.05, 3.63) is 35.1 Å². The third kappa shape index (κ3) is 3.44. The van der Waals surface area contributed by atoms with E-state index in [0.717, 1.165) is 6.07 Å². The topological polar surface area (TPSA) is 0 Å². The van der Waals surface area contributed by atoms with Crippen LogP contribution in [-0.4, -0.2) is 8.07 Å². The molecule has 0 radical (unpaired) electrons. The minimum absolute atomic E-state index is 0.0867. The Morgan fingerprint density at radius 3 is 2.00 bits per heavy atom. The molecule has 0 fully saturated rings. The predicted molar refractivity (Wildman–Crippen MR) is 56.5 cm³/mol. The lowest BCUT2D eigenvalue weighted by Crippen LogP contribution is -2.16. The lowest BCUT2D eigenvalue weighted by atomic mass is 10.2. The second-order valence-electron chi connectivity index (χ2n) is 4.25. The Morgan fingerprint density at radius 2 is 1.47 bits per heavy atom. The summed E-state index contributed by atoms with van der Waals surface area (Å²) in [7, 11) is -1.64. The minimum atomic E-state index is -1.64.